The molecule has 0 bridgehead atoms. The van der Waals surface area contributed by atoms with E-state index in [9.17, 15) is 10.0 Å². The molecule has 5 nitrogen and oxygen atoms in total. The number of rotatable bonds is 4. The van der Waals surface area contributed by atoms with E-state index in [1.54, 1.807) is 6.92 Å². The van der Waals surface area contributed by atoms with Gasteiger partial charge in [-0.05, 0) is 12.0 Å². The van der Waals surface area contributed by atoms with E-state index in [0.717, 1.165) is 5.56 Å². The van der Waals surface area contributed by atoms with Crippen molar-refractivity contribution in [2.45, 2.75) is 13.3 Å². The molecule has 0 aliphatic heterocycles. The van der Waals surface area contributed by atoms with Crippen LogP contribution in [0.5, 0.6) is 6.01 Å². The van der Waals surface area contributed by atoms with Crippen molar-refractivity contribution in [3.63, 3.8) is 0 Å². The second-order valence-electron chi connectivity index (χ2n) is 4.07. The molecule has 2 aromatic rings. The number of carbonyl (C=O) groups excluding carboxylic acids is 1. The Balaban J connectivity index is 1.95. The molecule has 0 aliphatic rings. The molecule has 0 saturated heterocycles. The molecule has 1 aromatic carbocycles. The van der Waals surface area contributed by atoms with Crippen molar-refractivity contribution in [3.05, 3.63) is 48.3 Å². The van der Waals surface area contributed by atoms with E-state index in [4.69, 9.17) is 4.74 Å². The van der Waals surface area contributed by atoms with E-state index in [2.05, 4.69) is 4.98 Å². The molecule has 0 radical (unpaired) electrons. The quantitative estimate of drug-likeness (QED) is 0.661. The van der Waals surface area contributed by atoms with Gasteiger partial charge in [0.1, 0.15) is 0 Å². The van der Waals surface area contributed by atoms with Gasteiger partial charge in [0.25, 0.3) is 0 Å². The van der Waals surface area contributed by atoms with E-state index < -0.39 is 5.97 Å². The summed E-state index contributed by atoms with van der Waals surface area (Å²) in [6.07, 6.45) is 3.24. The molecule has 1 heterocycles. The van der Waals surface area contributed by atoms with Crippen LogP contribution >= 0.6 is 0 Å². The Kier molecular flexibility index (Phi) is 3.62. The Morgan fingerprint density at radius 1 is 1.44 bits per heavy atom. The molecule has 94 valence electrons. The summed E-state index contributed by atoms with van der Waals surface area (Å²) in [5, 5.41) is 9.25. The van der Waals surface area contributed by atoms with Gasteiger partial charge in [-0.15, -0.1) is 4.73 Å². The number of hydrogen-bond acceptors (Lipinski definition) is 4. The van der Waals surface area contributed by atoms with Gasteiger partial charge in [0.05, 0.1) is 18.3 Å². The third-order valence-corrected chi connectivity index (χ3v) is 2.57. The topological polar surface area (TPSA) is 64.3 Å². The Hall–Kier alpha value is -2.30. The molecular formula is C13H14N2O3. The third kappa shape index (κ3) is 2.88. The molecule has 0 aliphatic carbocycles. The first-order valence-electron chi connectivity index (χ1n) is 5.65. The molecular weight excluding hydrogens is 232 g/mol. The van der Waals surface area contributed by atoms with Crippen molar-refractivity contribution in [1.82, 2.24) is 9.71 Å². The van der Waals surface area contributed by atoms with E-state index in [-0.39, 0.29) is 11.9 Å². The average molecular weight is 246 g/mol. The number of esters is 1. The lowest BCUT2D eigenvalue weighted by Gasteiger charge is -2.10. The fraction of sp³-hybridized carbons (Fsp3) is 0.231. The van der Waals surface area contributed by atoms with Crippen molar-refractivity contribution in [2.75, 3.05) is 0 Å². The fourth-order valence-electron chi connectivity index (χ4n) is 1.60. The van der Waals surface area contributed by atoms with Crippen LogP contribution in [0.1, 0.15) is 12.5 Å². The zero-order valence-electron chi connectivity index (χ0n) is 9.98. The number of benzene rings is 1. The van der Waals surface area contributed by atoms with Crippen LogP contribution in [-0.2, 0) is 11.2 Å². The highest BCUT2D eigenvalue weighted by Gasteiger charge is 2.18. The van der Waals surface area contributed by atoms with Crippen LogP contribution in [0, 0.1) is 5.92 Å². The van der Waals surface area contributed by atoms with Crippen molar-refractivity contribution in [1.29, 1.82) is 0 Å². The lowest BCUT2D eigenvalue weighted by atomic mass is 10.0. The highest BCUT2D eigenvalue weighted by molar-refractivity contribution is 5.74. The molecule has 1 aromatic heterocycles. The van der Waals surface area contributed by atoms with Gasteiger partial charge in [0.15, 0.2) is 0 Å². The van der Waals surface area contributed by atoms with E-state index in [1.165, 1.54) is 12.4 Å². The first-order chi connectivity index (χ1) is 8.66. The van der Waals surface area contributed by atoms with E-state index >= 15 is 0 Å². The summed E-state index contributed by atoms with van der Waals surface area (Å²) in [5.41, 5.74) is 1.06. The van der Waals surface area contributed by atoms with E-state index in [1.807, 2.05) is 30.3 Å². The third-order valence-electron chi connectivity index (χ3n) is 2.57. The number of nitrogens with zero attached hydrogens (tertiary/aromatic N) is 2. The lowest BCUT2D eigenvalue weighted by Crippen LogP contribution is -2.21. The molecule has 5 heteroatoms. The summed E-state index contributed by atoms with van der Waals surface area (Å²) in [6.45, 7) is 1.78. The number of hydrogen-bond donors (Lipinski definition) is 1. The van der Waals surface area contributed by atoms with Crippen LogP contribution in [0.4, 0.5) is 0 Å². The molecule has 0 amide bonds. The highest BCUT2D eigenvalue weighted by Crippen LogP contribution is 2.12. The summed E-state index contributed by atoms with van der Waals surface area (Å²) in [7, 11) is 0. The molecule has 0 unspecified atom stereocenters. The van der Waals surface area contributed by atoms with E-state index in [0.29, 0.717) is 11.2 Å². The molecule has 1 N–H and O–H groups in total. The largest absolute Gasteiger partial charge is 0.424 e. The minimum Gasteiger partial charge on any atom is -0.424 e. The van der Waals surface area contributed by atoms with Gasteiger partial charge in [0.2, 0.25) is 0 Å². The zero-order chi connectivity index (χ0) is 13.0. The predicted molar refractivity (Wildman–Crippen MR) is 64.4 cm³/mol. The highest BCUT2D eigenvalue weighted by atomic mass is 16.6. The van der Waals surface area contributed by atoms with Crippen LogP contribution in [0.15, 0.2) is 42.7 Å². The monoisotopic (exact) mass is 246 g/mol. The van der Waals surface area contributed by atoms with Gasteiger partial charge in [-0.2, -0.15) is 0 Å². The second-order valence-corrected chi connectivity index (χ2v) is 4.07. The minimum atomic E-state index is -0.416. The Morgan fingerprint density at radius 3 is 2.78 bits per heavy atom. The Morgan fingerprint density at radius 2 is 2.17 bits per heavy atom. The first kappa shape index (κ1) is 12.2. The van der Waals surface area contributed by atoms with Crippen molar-refractivity contribution < 1.29 is 14.7 Å². The first-order valence-corrected chi connectivity index (χ1v) is 5.65. The van der Waals surface area contributed by atoms with Gasteiger partial charge in [0, 0.05) is 0 Å². The predicted octanol–water partition coefficient (Wildman–Crippen LogP) is 1.90. The van der Waals surface area contributed by atoms with Crippen molar-refractivity contribution in [3.8, 4) is 6.01 Å². The summed E-state index contributed by atoms with van der Waals surface area (Å²) >= 11 is 0. The van der Waals surface area contributed by atoms with Crippen molar-refractivity contribution in [2.24, 2.45) is 5.92 Å². The molecule has 2 rings (SSSR count). The zero-order valence-corrected chi connectivity index (χ0v) is 9.98. The Labute approximate surface area is 105 Å². The van der Waals surface area contributed by atoms with Gasteiger partial charge in [-0.25, -0.2) is 4.98 Å². The summed E-state index contributed by atoms with van der Waals surface area (Å²) < 4.78 is 5.66. The fourth-order valence-corrected chi connectivity index (χ4v) is 1.60. The van der Waals surface area contributed by atoms with Gasteiger partial charge in [-0.3, -0.25) is 4.79 Å². The maximum Gasteiger partial charge on any atom is 0.337 e. The molecule has 1 atom stereocenters. The van der Waals surface area contributed by atoms with Crippen LogP contribution in [0.3, 0.4) is 0 Å². The molecule has 0 fully saturated rings. The maximum atomic E-state index is 11.8. The summed E-state index contributed by atoms with van der Waals surface area (Å²) in [5.74, 6) is -0.718. The van der Waals surface area contributed by atoms with Gasteiger partial charge in [-0.1, -0.05) is 37.3 Å². The number of aromatic nitrogens is 2. The molecule has 18 heavy (non-hydrogen) atoms. The van der Waals surface area contributed by atoms with Crippen LogP contribution in [0.2, 0.25) is 0 Å². The number of imidazole rings is 1. The minimum absolute atomic E-state index is 0.111. The molecule has 0 spiro atoms. The summed E-state index contributed by atoms with van der Waals surface area (Å²) in [6, 6.07) is 9.57. The van der Waals surface area contributed by atoms with Gasteiger partial charge >= 0.3 is 12.0 Å². The smallest absolute Gasteiger partial charge is 0.337 e. The Bertz CT molecular complexity index is 522. The second kappa shape index (κ2) is 5.35. The van der Waals surface area contributed by atoms with Crippen molar-refractivity contribution >= 4 is 5.97 Å². The maximum absolute atomic E-state index is 11.8. The number of carbonyl (C=O) groups is 1. The standard InChI is InChI=1S/C13H14N2O3/c1-10(9-11-5-3-2-4-6-11)12(16)18-13-14-7-8-15(13)17/h2-8,10,17H,9H2,1H3/t10-/m0/s1. The van der Waals surface area contributed by atoms with Gasteiger partial charge < -0.3 is 9.94 Å². The average Bonchev–Trinajstić information content (AvgIpc) is 2.76. The normalized spacial score (nSPS) is 12.1. The SMILES string of the molecule is C[C@@H](Cc1ccccc1)C(=O)Oc1nccn1O. The van der Waals surface area contributed by atoms with Crippen LogP contribution in [-0.4, -0.2) is 20.9 Å². The lowest BCUT2D eigenvalue weighted by molar-refractivity contribution is -0.139. The summed E-state index contributed by atoms with van der Waals surface area (Å²) in [4.78, 5) is 15.5. The van der Waals surface area contributed by atoms with Crippen LogP contribution < -0.4 is 4.74 Å². The number of ether oxygens (including phenoxy) is 1. The molecule has 0 saturated carbocycles. The van der Waals surface area contributed by atoms with Crippen LogP contribution in [0.25, 0.3) is 0 Å².